The van der Waals surface area contributed by atoms with Gasteiger partial charge in [0.05, 0.1) is 0 Å². The Morgan fingerprint density at radius 2 is 2.12 bits per heavy atom. The zero-order chi connectivity index (χ0) is 11.7. The van der Waals surface area contributed by atoms with Crippen molar-refractivity contribution in [3.63, 3.8) is 0 Å². The van der Waals surface area contributed by atoms with Crippen molar-refractivity contribution in [1.82, 2.24) is 4.90 Å². The van der Waals surface area contributed by atoms with Crippen LogP contribution in [0.4, 0.5) is 5.69 Å². The summed E-state index contributed by atoms with van der Waals surface area (Å²) in [5.74, 6) is 1.05. The second kappa shape index (κ2) is 4.16. The largest absolute Gasteiger partial charge is 0.398 e. The Bertz CT molecular complexity index is 403. The quantitative estimate of drug-likeness (QED) is 0.787. The van der Waals surface area contributed by atoms with Crippen LogP contribution in [-0.2, 0) is 11.3 Å². The average Bonchev–Trinajstić information content (AvgIpc) is 2.98. The molecule has 2 unspecified atom stereocenters. The van der Waals surface area contributed by atoms with Gasteiger partial charge >= 0.3 is 0 Å². The number of hydrogen-bond donors (Lipinski definition) is 1. The Morgan fingerprint density at radius 1 is 1.50 bits per heavy atom. The van der Waals surface area contributed by atoms with Crippen LogP contribution in [0.5, 0.6) is 0 Å². The molecule has 16 heavy (non-hydrogen) atoms. The van der Waals surface area contributed by atoms with Crippen LogP contribution in [0.25, 0.3) is 0 Å². The smallest absolute Gasteiger partial charge is 0.226 e. The van der Waals surface area contributed by atoms with Crippen LogP contribution in [0.3, 0.4) is 0 Å². The third-order valence-electron chi connectivity index (χ3n) is 3.27. The fraction of sp³-hybridized carbons (Fsp3) is 0.462. The van der Waals surface area contributed by atoms with Crippen molar-refractivity contribution in [3.05, 3.63) is 29.8 Å². The van der Waals surface area contributed by atoms with Crippen LogP contribution in [-0.4, -0.2) is 17.9 Å². The highest BCUT2D eigenvalue weighted by Crippen LogP contribution is 2.39. The lowest BCUT2D eigenvalue weighted by Crippen LogP contribution is -2.28. The van der Waals surface area contributed by atoms with Crippen molar-refractivity contribution < 1.29 is 4.79 Å². The Hall–Kier alpha value is -1.51. The van der Waals surface area contributed by atoms with Gasteiger partial charge < -0.3 is 10.6 Å². The summed E-state index contributed by atoms with van der Waals surface area (Å²) < 4.78 is 0. The van der Waals surface area contributed by atoms with Gasteiger partial charge in [-0.2, -0.15) is 0 Å². The topological polar surface area (TPSA) is 46.3 Å². The second-order valence-electron chi connectivity index (χ2n) is 4.71. The van der Waals surface area contributed by atoms with Gasteiger partial charge in [-0.05, 0) is 24.0 Å². The first kappa shape index (κ1) is 11.0. The highest BCUT2D eigenvalue weighted by molar-refractivity contribution is 5.81. The van der Waals surface area contributed by atoms with Crippen LogP contribution in [0.1, 0.15) is 18.9 Å². The van der Waals surface area contributed by atoms with Crippen LogP contribution in [0.15, 0.2) is 24.3 Å². The molecule has 2 N–H and O–H groups in total. The van der Waals surface area contributed by atoms with Crippen LogP contribution in [0.2, 0.25) is 0 Å². The summed E-state index contributed by atoms with van der Waals surface area (Å²) in [5.41, 5.74) is 7.63. The highest BCUT2D eigenvalue weighted by Gasteiger charge is 2.40. The van der Waals surface area contributed by atoms with Crippen molar-refractivity contribution in [1.29, 1.82) is 0 Å². The van der Waals surface area contributed by atoms with Crippen LogP contribution < -0.4 is 5.73 Å². The number of nitrogen functional groups attached to an aromatic ring is 1. The van der Waals surface area contributed by atoms with E-state index in [0.29, 0.717) is 12.5 Å². The predicted molar refractivity (Wildman–Crippen MR) is 64.6 cm³/mol. The lowest BCUT2D eigenvalue weighted by Gasteiger charge is -2.18. The van der Waals surface area contributed by atoms with Gasteiger partial charge in [-0.3, -0.25) is 4.79 Å². The van der Waals surface area contributed by atoms with Crippen molar-refractivity contribution in [2.45, 2.75) is 19.9 Å². The van der Waals surface area contributed by atoms with E-state index >= 15 is 0 Å². The maximum Gasteiger partial charge on any atom is 0.226 e. The summed E-state index contributed by atoms with van der Waals surface area (Å²) >= 11 is 0. The first-order valence-corrected chi connectivity index (χ1v) is 5.68. The van der Waals surface area contributed by atoms with Crippen molar-refractivity contribution in [2.24, 2.45) is 11.8 Å². The number of hydrogen-bond acceptors (Lipinski definition) is 2. The fourth-order valence-electron chi connectivity index (χ4n) is 1.96. The number of carbonyl (C=O) groups excluding carboxylic acids is 1. The molecule has 0 heterocycles. The molecule has 86 valence electrons. The number of anilines is 1. The third-order valence-corrected chi connectivity index (χ3v) is 3.27. The molecule has 0 aliphatic heterocycles. The number of nitrogens with two attached hydrogens (primary N) is 1. The molecular weight excluding hydrogens is 200 g/mol. The molecule has 1 aromatic carbocycles. The number of amides is 1. The number of benzene rings is 1. The standard InChI is InChI=1S/C13H18N2O/c1-9-7-11(9)13(16)15(2)8-10-5-3-4-6-12(10)14/h3-6,9,11H,7-8,14H2,1-2H3. The molecule has 1 aromatic rings. The molecule has 1 fully saturated rings. The second-order valence-corrected chi connectivity index (χ2v) is 4.71. The van der Waals surface area contributed by atoms with Crippen LogP contribution in [0, 0.1) is 11.8 Å². The summed E-state index contributed by atoms with van der Waals surface area (Å²) in [4.78, 5) is 13.7. The zero-order valence-corrected chi connectivity index (χ0v) is 9.81. The molecule has 1 saturated carbocycles. The molecule has 0 aromatic heterocycles. The van der Waals surface area contributed by atoms with Gasteiger partial charge in [0.25, 0.3) is 0 Å². The number of rotatable bonds is 3. The van der Waals surface area contributed by atoms with E-state index in [0.717, 1.165) is 17.7 Å². The molecule has 1 aliphatic rings. The van der Waals surface area contributed by atoms with Crippen molar-refractivity contribution in [3.8, 4) is 0 Å². The van der Waals surface area contributed by atoms with Gasteiger partial charge in [-0.1, -0.05) is 25.1 Å². The predicted octanol–water partition coefficient (Wildman–Crippen LogP) is 1.88. The lowest BCUT2D eigenvalue weighted by molar-refractivity contribution is -0.132. The van der Waals surface area contributed by atoms with Gasteiger partial charge in [-0.15, -0.1) is 0 Å². The summed E-state index contributed by atoms with van der Waals surface area (Å²) in [6, 6.07) is 7.69. The minimum absolute atomic E-state index is 0.245. The Balaban J connectivity index is 1.99. The monoisotopic (exact) mass is 218 g/mol. The molecule has 1 amide bonds. The zero-order valence-electron chi connectivity index (χ0n) is 9.81. The maximum atomic E-state index is 11.9. The number of carbonyl (C=O) groups is 1. The van der Waals surface area contributed by atoms with Gasteiger partial charge in [-0.25, -0.2) is 0 Å². The Kier molecular flexibility index (Phi) is 2.86. The van der Waals surface area contributed by atoms with E-state index < -0.39 is 0 Å². The van der Waals surface area contributed by atoms with Gasteiger partial charge in [0, 0.05) is 25.2 Å². The minimum Gasteiger partial charge on any atom is -0.398 e. The van der Waals surface area contributed by atoms with Gasteiger partial charge in [0.2, 0.25) is 5.91 Å². The molecular formula is C13H18N2O. The first-order chi connectivity index (χ1) is 7.59. The molecule has 0 radical (unpaired) electrons. The molecule has 0 saturated heterocycles. The summed E-state index contributed by atoms with van der Waals surface area (Å²) in [6.07, 6.45) is 1.04. The average molecular weight is 218 g/mol. The third kappa shape index (κ3) is 2.18. The molecule has 2 atom stereocenters. The highest BCUT2D eigenvalue weighted by atomic mass is 16.2. The Labute approximate surface area is 96.2 Å². The van der Waals surface area contributed by atoms with Gasteiger partial charge in [0.1, 0.15) is 0 Å². The van der Waals surface area contributed by atoms with E-state index in [2.05, 4.69) is 6.92 Å². The molecule has 2 rings (SSSR count). The summed E-state index contributed by atoms with van der Waals surface area (Å²) in [7, 11) is 1.85. The van der Waals surface area contributed by atoms with Crippen molar-refractivity contribution >= 4 is 11.6 Å². The summed E-state index contributed by atoms with van der Waals surface area (Å²) in [5, 5.41) is 0. The van der Waals surface area contributed by atoms with E-state index in [1.165, 1.54) is 0 Å². The normalized spacial score (nSPS) is 22.9. The minimum atomic E-state index is 0.245. The molecule has 3 nitrogen and oxygen atoms in total. The first-order valence-electron chi connectivity index (χ1n) is 5.68. The molecule has 0 bridgehead atoms. The van der Waals surface area contributed by atoms with E-state index in [-0.39, 0.29) is 11.8 Å². The molecule has 1 aliphatic carbocycles. The lowest BCUT2D eigenvalue weighted by atomic mass is 10.1. The van der Waals surface area contributed by atoms with Crippen LogP contribution >= 0.6 is 0 Å². The SMILES string of the molecule is CC1CC1C(=O)N(C)Cc1ccccc1N. The molecule has 3 heteroatoms. The van der Waals surface area contributed by atoms with Crippen molar-refractivity contribution in [2.75, 3.05) is 12.8 Å². The maximum absolute atomic E-state index is 11.9. The van der Waals surface area contributed by atoms with E-state index in [1.807, 2.05) is 31.3 Å². The molecule has 0 spiro atoms. The summed E-state index contributed by atoms with van der Waals surface area (Å²) in [6.45, 7) is 2.72. The Morgan fingerprint density at radius 3 is 2.69 bits per heavy atom. The number of nitrogens with zero attached hydrogens (tertiary/aromatic N) is 1. The fourth-order valence-corrected chi connectivity index (χ4v) is 1.96. The van der Waals surface area contributed by atoms with E-state index in [1.54, 1.807) is 4.90 Å². The van der Waals surface area contributed by atoms with E-state index in [9.17, 15) is 4.79 Å². The van der Waals surface area contributed by atoms with Gasteiger partial charge in [0.15, 0.2) is 0 Å². The number of para-hydroxylation sites is 1. The van der Waals surface area contributed by atoms with E-state index in [4.69, 9.17) is 5.73 Å².